The van der Waals surface area contributed by atoms with Crippen LogP contribution >= 0.6 is 0 Å². The minimum absolute atomic E-state index is 0.0290. The second-order valence-electron chi connectivity index (χ2n) is 11.7. The number of halogens is 3. The molecule has 0 bridgehead atoms. The van der Waals surface area contributed by atoms with Crippen LogP contribution in [0.5, 0.6) is 0 Å². The number of nitrogen functional groups attached to an aromatic ring is 1. The molecule has 0 saturated heterocycles. The lowest BCUT2D eigenvalue weighted by atomic mass is 10.1. The van der Waals surface area contributed by atoms with Gasteiger partial charge in [0.15, 0.2) is 0 Å². The van der Waals surface area contributed by atoms with Gasteiger partial charge in [-0.1, -0.05) is 72.8 Å². The zero-order valence-corrected chi connectivity index (χ0v) is 26.3. The molecular formula is C36H36F3N5O3. The summed E-state index contributed by atoms with van der Waals surface area (Å²) in [6, 6.07) is 34.7. The molecule has 5 aromatic rings. The van der Waals surface area contributed by atoms with Gasteiger partial charge in [-0.3, -0.25) is 14.7 Å². The third-order valence-corrected chi connectivity index (χ3v) is 7.72. The van der Waals surface area contributed by atoms with Crippen LogP contribution in [0.1, 0.15) is 38.3 Å². The number of amides is 1. The fourth-order valence-corrected chi connectivity index (χ4v) is 5.23. The quantitative estimate of drug-likeness (QED) is 0.115. The highest BCUT2D eigenvalue weighted by molar-refractivity contribution is 5.99. The maximum atomic E-state index is 13.5. The van der Waals surface area contributed by atoms with Crippen molar-refractivity contribution in [2.75, 3.05) is 14.1 Å². The van der Waals surface area contributed by atoms with Crippen molar-refractivity contribution in [2.45, 2.75) is 32.7 Å². The molecule has 5 rings (SSSR count). The number of fused-ring (bicyclic) bond motifs is 1. The number of hydrogen-bond donors (Lipinski definition) is 3. The summed E-state index contributed by atoms with van der Waals surface area (Å²) < 4.78 is 34.3. The van der Waals surface area contributed by atoms with Crippen molar-refractivity contribution in [3.63, 3.8) is 0 Å². The Morgan fingerprint density at radius 3 is 2.11 bits per heavy atom. The van der Waals surface area contributed by atoms with E-state index in [4.69, 9.17) is 21.0 Å². The van der Waals surface area contributed by atoms with E-state index in [1.54, 1.807) is 0 Å². The Labute approximate surface area is 271 Å². The molecule has 0 unspecified atom stereocenters. The number of rotatable bonds is 9. The van der Waals surface area contributed by atoms with Crippen LogP contribution in [0.3, 0.4) is 0 Å². The van der Waals surface area contributed by atoms with Gasteiger partial charge in [0.2, 0.25) is 0 Å². The van der Waals surface area contributed by atoms with Crippen LogP contribution in [0, 0.1) is 12.3 Å². The van der Waals surface area contributed by atoms with Crippen molar-refractivity contribution in [3.8, 4) is 0 Å². The summed E-state index contributed by atoms with van der Waals surface area (Å²) >= 11 is 0. The standard InChI is InChI=1S/C34H35N5O.C2HF3O2/c1-24-9-7-14-31-30(24)20-32(38(31)22-27-12-8-13-28(19-27)33(35)36)34(40)37-21-25-15-17-29(18-16-25)39(2,3)23-26-10-5-4-6-11-26;3-2(4,5)1(6)7/h4-20H,21-23H2,1-3H3,(H3-,35,36,37,40);(H,6,7). The first-order valence-corrected chi connectivity index (χ1v) is 14.7. The van der Waals surface area contributed by atoms with Gasteiger partial charge in [-0.2, -0.15) is 13.2 Å². The number of alkyl halides is 3. The van der Waals surface area contributed by atoms with E-state index >= 15 is 0 Å². The van der Waals surface area contributed by atoms with E-state index in [2.05, 4.69) is 80.9 Å². The van der Waals surface area contributed by atoms with Gasteiger partial charge in [0.1, 0.15) is 29.7 Å². The van der Waals surface area contributed by atoms with Crippen molar-refractivity contribution in [1.82, 2.24) is 14.4 Å². The number of nitrogens with zero attached hydrogens (tertiary/aromatic N) is 2. The van der Waals surface area contributed by atoms with Crippen LogP contribution in [0.4, 0.5) is 18.9 Å². The number of carboxylic acids is 1. The molecule has 0 aliphatic carbocycles. The zero-order chi connectivity index (χ0) is 34.4. The zero-order valence-electron chi connectivity index (χ0n) is 26.3. The number of aliphatic carboxylic acids is 1. The van der Waals surface area contributed by atoms with Crippen molar-refractivity contribution in [3.05, 3.63) is 137 Å². The Morgan fingerprint density at radius 2 is 1.49 bits per heavy atom. The molecule has 1 aromatic heterocycles. The van der Waals surface area contributed by atoms with E-state index in [1.807, 2.05) is 53.1 Å². The summed E-state index contributed by atoms with van der Waals surface area (Å²) in [6.07, 6.45) is -5.19. The number of aromatic nitrogens is 1. The van der Waals surface area contributed by atoms with E-state index in [1.165, 1.54) is 11.3 Å². The van der Waals surface area contributed by atoms with Crippen LogP contribution in [-0.4, -0.2) is 42.6 Å². The van der Waals surface area contributed by atoms with Crippen LogP contribution in [-0.2, 0) is 24.4 Å². The molecule has 0 atom stereocenters. The monoisotopic (exact) mass is 643 g/mol. The van der Waals surface area contributed by atoms with Crippen molar-refractivity contribution < 1.29 is 27.9 Å². The van der Waals surface area contributed by atoms with Gasteiger partial charge in [-0.25, -0.2) is 0 Å². The minimum atomic E-state index is -5.19. The third kappa shape index (κ3) is 8.86. The predicted molar refractivity (Wildman–Crippen MR) is 176 cm³/mol. The molecular weight excluding hydrogens is 607 g/mol. The lowest BCUT2D eigenvalue weighted by molar-refractivity contribution is -0.344. The molecule has 0 spiro atoms. The Morgan fingerprint density at radius 1 is 0.872 bits per heavy atom. The van der Waals surface area contributed by atoms with Gasteiger partial charge >= 0.3 is 6.18 Å². The highest BCUT2D eigenvalue weighted by Gasteiger charge is 2.29. The molecule has 0 radical (unpaired) electrons. The summed E-state index contributed by atoms with van der Waals surface area (Å²) in [5.41, 5.74) is 13.6. The van der Waals surface area contributed by atoms with Crippen LogP contribution in [0.25, 0.3) is 10.9 Å². The number of aryl methyl sites for hydroxylation is 1. The first-order valence-electron chi connectivity index (χ1n) is 14.7. The molecule has 47 heavy (non-hydrogen) atoms. The van der Waals surface area contributed by atoms with Crippen molar-refractivity contribution in [2.24, 2.45) is 5.73 Å². The van der Waals surface area contributed by atoms with E-state index in [9.17, 15) is 18.0 Å². The van der Waals surface area contributed by atoms with Gasteiger partial charge in [0.05, 0.1) is 14.1 Å². The maximum Gasteiger partial charge on any atom is 0.430 e. The number of amidine groups is 1. The maximum absolute atomic E-state index is 13.5. The van der Waals surface area contributed by atoms with Gasteiger partial charge in [-0.15, -0.1) is 0 Å². The average Bonchev–Trinajstić information content (AvgIpc) is 3.40. The fraction of sp³-hybridized carbons (Fsp3) is 0.194. The van der Waals surface area contributed by atoms with Crippen LogP contribution < -0.4 is 20.6 Å². The van der Waals surface area contributed by atoms with E-state index < -0.39 is 12.1 Å². The number of carbonyl (C=O) groups is 2. The van der Waals surface area contributed by atoms with Crippen LogP contribution in [0.15, 0.2) is 103 Å². The number of carboxylic acid groups (broad SMARTS) is 1. The van der Waals surface area contributed by atoms with Crippen molar-refractivity contribution >= 4 is 34.3 Å². The Hall–Kier alpha value is -5.42. The van der Waals surface area contributed by atoms with Gasteiger partial charge in [0.25, 0.3) is 5.91 Å². The van der Waals surface area contributed by atoms with E-state index in [-0.39, 0.29) is 11.7 Å². The summed E-state index contributed by atoms with van der Waals surface area (Å²) in [7, 11) is 4.41. The summed E-state index contributed by atoms with van der Waals surface area (Å²) in [5, 5.41) is 20.8. The fourth-order valence-electron chi connectivity index (χ4n) is 5.23. The average molecular weight is 644 g/mol. The van der Waals surface area contributed by atoms with E-state index in [0.717, 1.165) is 38.6 Å². The highest BCUT2D eigenvalue weighted by atomic mass is 19.4. The molecule has 0 fully saturated rings. The topological polar surface area (TPSA) is 124 Å². The Bertz CT molecular complexity index is 1880. The molecule has 1 heterocycles. The smallest absolute Gasteiger partial charge is 0.430 e. The summed E-state index contributed by atoms with van der Waals surface area (Å²) in [4.78, 5) is 22.3. The Kier molecular flexibility index (Phi) is 10.5. The second kappa shape index (κ2) is 14.3. The van der Waals surface area contributed by atoms with Gasteiger partial charge in [-0.05, 0) is 53.9 Å². The molecule has 8 nitrogen and oxygen atoms in total. The van der Waals surface area contributed by atoms with Crippen LogP contribution in [0.2, 0.25) is 0 Å². The Balaban J connectivity index is 0.000000644. The third-order valence-electron chi connectivity index (χ3n) is 7.72. The number of nitrogens with one attached hydrogen (secondary N) is 2. The number of quaternary nitrogens is 1. The number of hydrogen-bond acceptors (Lipinski definition) is 4. The molecule has 0 aliphatic rings. The number of benzene rings is 4. The molecule has 4 aromatic carbocycles. The van der Waals surface area contributed by atoms with Crippen molar-refractivity contribution in [1.29, 1.82) is 5.41 Å². The molecule has 0 aliphatic heterocycles. The molecule has 0 saturated carbocycles. The molecule has 4 N–H and O–H groups in total. The number of nitrogens with two attached hydrogens (primary N) is 1. The van der Waals surface area contributed by atoms with Gasteiger partial charge < -0.3 is 25.5 Å². The SMILES string of the molecule is Cc1cccc2c1cc(C(=O)NCc1ccc([N+](C)(C)Cc3ccccc3)cc1)n2Cc1cccc(C(=N)N)c1.O=C([O-])C(F)(F)F. The van der Waals surface area contributed by atoms with Gasteiger partial charge in [0, 0.05) is 35.1 Å². The molecule has 11 heteroatoms. The normalized spacial score (nSPS) is 11.4. The predicted octanol–water partition coefficient (Wildman–Crippen LogP) is 5.28. The lowest BCUT2D eigenvalue weighted by Gasteiger charge is -2.29. The summed E-state index contributed by atoms with van der Waals surface area (Å²) in [5.74, 6) is -3.10. The first kappa shape index (κ1) is 34.5. The number of carbonyl (C=O) groups excluding carboxylic acids is 2. The second-order valence-corrected chi connectivity index (χ2v) is 11.7. The van der Waals surface area contributed by atoms with E-state index in [0.29, 0.717) is 24.3 Å². The highest BCUT2D eigenvalue weighted by Crippen LogP contribution is 2.26. The molecule has 244 valence electrons. The lowest BCUT2D eigenvalue weighted by Crippen LogP contribution is -2.39. The summed E-state index contributed by atoms with van der Waals surface area (Å²) in [6.45, 7) is 3.89. The largest absolute Gasteiger partial charge is 0.542 e. The minimum Gasteiger partial charge on any atom is -0.542 e. The molecule has 1 amide bonds. The first-order chi connectivity index (χ1) is 22.2.